The first-order valence-corrected chi connectivity index (χ1v) is 17.4. The average Bonchev–Trinajstić information content (AvgIpc) is 3.82. The first kappa shape index (κ1) is 35.6. The standard InChI is InChI=1S/C32H35Cl2N3O2.C8H11N/c1-23(38)35-31(25-11-7-4-8-12-25)15-17-37(18-16-31)22-27-20-32(27,26-13-14-28(33)29(34)19-26)30(39)36(2)21-24-9-5-3-6-10-24;1-7(9)8-5-3-2-4-6-8/h3-14,19,27H,15-18,20-22H2,1-2H3,(H,35,38);2-7H,9H2,1H3/t;7-/m.1/s1. The van der Waals surface area contributed by atoms with Gasteiger partial charge in [0, 0.05) is 46.2 Å². The van der Waals surface area contributed by atoms with Crippen LogP contribution < -0.4 is 11.1 Å². The van der Waals surface area contributed by atoms with E-state index >= 15 is 0 Å². The van der Waals surface area contributed by atoms with Gasteiger partial charge in [0.15, 0.2) is 0 Å². The molecule has 1 aliphatic carbocycles. The van der Waals surface area contributed by atoms with Gasteiger partial charge in [-0.1, -0.05) is 120 Å². The van der Waals surface area contributed by atoms with Gasteiger partial charge in [0.1, 0.15) is 0 Å². The van der Waals surface area contributed by atoms with Gasteiger partial charge in [-0.3, -0.25) is 9.59 Å². The van der Waals surface area contributed by atoms with E-state index < -0.39 is 5.41 Å². The molecule has 0 radical (unpaired) electrons. The van der Waals surface area contributed by atoms with Crippen molar-refractivity contribution < 1.29 is 9.59 Å². The Morgan fingerprint density at radius 2 is 1.46 bits per heavy atom. The van der Waals surface area contributed by atoms with E-state index in [0.717, 1.165) is 55.6 Å². The van der Waals surface area contributed by atoms with Crippen LogP contribution in [0.4, 0.5) is 0 Å². The number of nitrogens with one attached hydrogen (secondary N) is 1. The van der Waals surface area contributed by atoms with E-state index in [0.29, 0.717) is 16.6 Å². The molecule has 1 heterocycles. The summed E-state index contributed by atoms with van der Waals surface area (Å²) < 4.78 is 0. The molecular formula is C40H46Cl2N4O2. The van der Waals surface area contributed by atoms with Gasteiger partial charge >= 0.3 is 0 Å². The summed E-state index contributed by atoms with van der Waals surface area (Å²) >= 11 is 12.7. The second-order valence-electron chi connectivity index (χ2n) is 13.3. The Hall–Kier alpha value is -3.68. The van der Waals surface area contributed by atoms with E-state index in [9.17, 15) is 9.59 Å². The number of benzene rings is 4. The molecule has 252 valence electrons. The quantitative estimate of drug-likeness (QED) is 0.189. The second kappa shape index (κ2) is 15.7. The molecule has 2 unspecified atom stereocenters. The van der Waals surface area contributed by atoms with Gasteiger partial charge in [-0.05, 0) is 66.5 Å². The lowest BCUT2D eigenvalue weighted by atomic mass is 9.80. The average molecular weight is 686 g/mol. The maximum atomic E-state index is 14.1. The molecule has 3 N–H and O–H groups in total. The highest BCUT2D eigenvalue weighted by Gasteiger charge is 2.62. The molecule has 2 aliphatic rings. The van der Waals surface area contributed by atoms with Crippen LogP contribution in [0.3, 0.4) is 0 Å². The number of nitrogens with two attached hydrogens (primary N) is 1. The van der Waals surface area contributed by atoms with E-state index in [1.54, 1.807) is 13.0 Å². The van der Waals surface area contributed by atoms with Crippen molar-refractivity contribution in [3.63, 3.8) is 0 Å². The van der Waals surface area contributed by atoms with Crippen LogP contribution in [0.2, 0.25) is 10.0 Å². The van der Waals surface area contributed by atoms with Crippen LogP contribution in [0.25, 0.3) is 0 Å². The number of rotatable bonds is 9. The highest BCUT2D eigenvalue weighted by Crippen LogP contribution is 2.57. The van der Waals surface area contributed by atoms with Crippen LogP contribution in [0.15, 0.2) is 109 Å². The van der Waals surface area contributed by atoms with Gasteiger partial charge in [0.05, 0.1) is 21.0 Å². The van der Waals surface area contributed by atoms with Gasteiger partial charge in [-0.25, -0.2) is 0 Å². The van der Waals surface area contributed by atoms with E-state index in [4.69, 9.17) is 28.9 Å². The summed E-state index contributed by atoms with van der Waals surface area (Å²) in [4.78, 5) is 30.5. The summed E-state index contributed by atoms with van der Waals surface area (Å²) in [5.74, 6) is 0.272. The van der Waals surface area contributed by atoms with Crippen LogP contribution in [0, 0.1) is 5.92 Å². The highest BCUT2D eigenvalue weighted by molar-refractivity contribution is 6.42. The zero-order valence-electron chi connectivity index (χ0n) is 28.0. The second-order valence-corrected chi connectivity index (χ2v) is 14.1. The summed E-state index contributed by atoms with van der Waals surface area (Å²) in [5, 5.41) is 4.22. The summed E-state index contributed by atoms with van der Waals surface area (Å²) in [6, 6.07) is 36.1. The molecule has 0 spiro atoms. The Labute approximate surface area is 295 Å². The van der Waals surface area contributed by atoms with Crippen LogP contribution in [0.1, 0.15) is 61.4 Å². The van der Waals surface area contributed by atoms with Gasteiger partial charge in [-0.2, -0.15) is 0 Å². The zero-order chi connectivity index (χ0) is 34.3. The highest BCUT2D eigenvalue weighted by atomic mass is 35.5. The summed E-state index contributed by atoms with van der Waals surface area (Å²) in [5.41, 5.74) is 9.00. The molecule has 1 saturated carbocycles. The molecule has 4 aromatic rings. The third-order valence-electron chi connectivity index (χ3n) is 9.79. The Bertz CT molecular complexity index is 1660. The fraction of sp³-hybridized carbons (Fsp3) is 0.350. The number of amides is 2. The van der Waals surface area contributed by atoms with Gasteiger partial charge in [0.2, 0.25) is 11.8 Å². The summed E-state index contributed by atoms with van der Waals surface area (Å²) in [6.07, 6.45) is 2.42. The molecule has 0 aromatic heterocycles. The number of piperidine rings is 1. The maximum absolute atomic E-state index is 14.1. The summed E-state index contributed by atoms with van der Waals surface area (Å²) in [6.45, 7) is 6.62. The number of carbonyl (C=O) groups excluding carboxylic acids is 2. The van der Waals surface area contributed by atoms with Gasteiger partial charge < -0.3 is 20.9 Å². The van der Waals surface area contributed by atoms with Crippen molar-refractivity contribution in [3.05, 3.63) is 141 Å². The van der Waals surface area contributed by atoms with Crippen molar-refractivity contribution >= 4 is 35.0 Å². The molecule has 2 fully saturated rings. The van der Waals surface area contributed by atoms with Crippen molar-refractivity contribution in [2.45, 2.75) is 56.7 Å². The predicted molar refractivity (Wildman–Crippen MR) is 196 cm³/mol. The van der Waals surface area contributed by atoms with Gasteiger partial charge in [-0.15, -0.1) is 0 Å². The lowest BCUT2D eigenvalue weighted by Crippen LogP contribution is -2.53. The first-order chi connectivity index (χ1) is 23.0. The Kier molecular flexibility index (Phi) is 11.6. The number of hydrogen-bond donors (Lipinski definition) is 2. The van der Waals surface area contributed by atoms with Crippen molar-refractivity contribution in [2.24, 2.45) is 11.7 Å². The SMILES string of the molecule is CC(=O)NC1(c2ccccc2)CCN(CC2CC2(C(=O)N(C)Cc2ccccc2)c2ccc(Cl)c(Cl)c2)CC1.C[C@@H](N)c1ccccc1. The Balaban J connectivity index is 0.000000434. The maximum Gasteiger partial charge on any atom is 0.233 e. The molecule has 1 saturated heterocycles. The topological polar surface area (TPSA) is 78.7 Å². The minimum Gasteiger partial charge on any atom is -0.347 e. The van der Waals surface area contributed by atoms with Crippen molar-refractivity contribution in [1.29, 1.82) is 0 Å². The van der Waals surface area contributed by atoms with Crippen LogP contribution in [0.5, 0.6) is 0 Å². The smallest absolute Gasteiger partial charge is 0.233 e. The molecular weight excluding hydrogens is 639 g/mol. The number of halogens is 2. The third-order valence-corrected chi connectivity index (χ3v) is 10.5. The number of likely N-dealkylation sites (tertiary alicyclic amines) is 1. The normalized spacial score (nSPS) is 20.5. The molecule has 1 aliphatic heterocycles. The first-order valence-electron chi connectivity index (χ1n) is 16.7. The lowest BCUT2D eigenvalue weighted by molar-refractivity contribution is -0.133. The molecule has 6 rings (SSSR count). The molecule has 8 heteroatoms. The number of hydrogen-bond acceptors (Lipinski definition) is 4. The molecule has 4 aromatic carbocycles. The molecule has 2 amide bonds. The van der Waals surface area contributed by atoms with Gasteiger partial charge in [0.25, 0.3) is 0 Å². The van der Waals surface area contributed by atoms with E-state index in [1.165, 1.54) is 5.56 Å². The monoisotopic (exact) mass is 684 g/mol. The van der Waals surface area contributed by atoms with E-state index in [1.807, 2.05) is 110 Å². The van der Waals surface area contributed by atoms with Crippen molar-refractivity contribution in [3.8, 4) is 0 Å². The molecule has 3 atom stereocenters. The Morgan fingerprint density at radius 3 is 2.00 bits per heavy atom. The number of likely N-dealkylation sites (N-methyl/N-ethyl adjacent to an activating group) is 1. The lowest BCUT2D eigenvalue weighted by Gasteiger charge is -2.43. The predicted octanol–water partition coefficient (Wildman–Crippen LogP) is 7.74. The number of nitrogens with zero attached hydrogens (tertiary/aromatic N) is 2. The van der Waals surface area contributed by atoms with Crippen molar-refractivity contribution in [2.75, 3.05) is 26.7 Å². The fourth-order valence-electron chi connectivity index (χ4n) is 7.10. The van der Waals surface area contributed by atoms with Crippen LogP contribution >= 0.6 is 23.2 Å². The third kappa shape index (κ3) is 8.30. The Morgan fingerprint density at radius 1 is 0.875 bits per heavy atom. The largest absolute Gasteiger partial charge is 0.347 e. The molecule has 48 heavy (non-hydrogen) atoms. The van der Waals surface area contributed by atoms with Crippen LogP contribution in [-0.4, -0.2) is 48.3 Å². The van der Waals surface area contributed by atoms with Crippen LogP contribution in [-0.2, 0) is 27.1 Å². The van der Waals surface area contributed by atoms with E-state index in [-0.39, 0.29) is 29.3 Å². The fourth-order valence-corrected chi connectivity index (χ4v) is 7.40. The minimum atomic E-state index is -0.622. The molecule has 6 nitrogen and oxygen atoms in total. The zero-order valence-corrected chi connectivity index (χ0v) is 29.6. The summed E-state index contributed by atoms with van der Waals surface area (Å²) in [7, 11) is 1.88. The molecule has 0 bridgehead atoms. The van der Waals surface area contributed by atoms with Crippen molar-refractivity contribution in [1.82, 2.24) is 15.1 Å². The number of carbonyl (C=O) groups is 2. The minimum absolute atomic E-state index is 0.0137. The van der Waals surface area contributed by atoms with E-state index in [2.05, 4.69) is 22.3 Å².